The SMILES string of the molecule is Cc1ccccc1N1CC[C@@H](C(=O)NCc2ccccc2F)C1=O. The lowest BCUT2D eigenvalue weighted by atomic mass is 10.1. The predicted molar refractivity (Wildman–Crippen MR) is 89.9 cm³/mol. The smallest absolute Gasteiger partial charge is 0.239 e. The first-order chi connectivity index (χ1) is 11.6. The van der Waals surface area contributed by atoms with Crippen molar-refractivity contribution in [1.29, 1.82) is 0 Å². The zero-order valence-electron chi connectivity index (χ0n) is 13.5. The standard InChI is InChI=1S/C19H19FN2O2/c1-13-6-2-5-9-17(13)22-11-10-15(19(22)24)18(23)21-12-14-7-3-4-8-16(14)20/h2-9,15H,10-12H2,1H3,(H,21,23)/t15-/m0/s1. The molecule has 24 heavy (non-hydrogen) atoms. The second-order valence-electron chi connectivity index (χ2n) is 5.93. The summed E-state index contributed by atoms with van der Waals surface area (Å²) in [5.74, 6) is -1.62. The minimum atomic E-state index is -0.712. The van der Waals surface area contributed by atoms with Gasteiger partial charge in [-0.25, -0.2) is 4.39 Å². The predicted octanol–water partition coefficient (Wildman–Crippen LogP) is 2.80. The summed E-state index contributed by atoms with van der Waals surface area (Å²) < 4.78 is 13.6. The van der Waals surface area contributed by atoms with Crippen LogP contribution in [0, 0.1) is 18.7 Å². The van der Waals surface area contributed by atoms with E-state index in [9.17, 15) is 14.0 Å². The summed E-state index contributed by atoms with van der Waals surface area (Å²) in [4.78, 5) is 26.5. The molecule has 0 aliphatic carbocycles. The number of carbonyl (C=O) groups excluding carboxylic acids is 2. The Morgan fingerprint density at radius 2 is 1.92 bits per heavy atom. The molecular weight excluding hydrogens is 307 g/mol. The number of carbonyl (C=O) groups is 2. The topological polar surface area (TPSA) is 49.4 Å². The Labute approximate surface area is 140 Å². The minimum absolute atomic E-state index is 0.0830. The Morgan fingerprint density at radius 3 is 2.67 bits per heavy atom. The number of anilines is 1. The molecule has 1 aliphatic heterocycles. The Bertz CT molecular complexity index is 775. The highest BCUT2D eigenvalue weighted by molar-refractivity contribution is 6.09. The highest BCUT2D eigenvalue weighted by atomic mass is 19.1. The van der Waals surface area contributed by atoms with Crippen LogP contribution in [-0.2, 0) is 16.1 Å². The highest BCUT2D eigenvalue weighted by Gasteiger charge is 2.37. The maximum absolute atomic E-state index is 13.6. The zero-order valence-corrected chi connectivity index (χ0v) is 13.5. The molecule has 0 saturated carbocycles. The molecule has 2 aromatic carbocycles. The third kappa shape index (κ3) is 3.15. The van der Waals surface area contributed by atoms with Gasteiger partial charge in [-0.2, -0.15) is 0 Å². The van der Waals surface area contributed by atoms with E-state index in [0.29, 0.717) is 18.5 Å². The molecule has 124 valence electrons. The van der Waals surface area contributed by atoms with Crippen molar-refractivity contribution in [3.05, 3.63) is 65.5 Å². The second kappa shape index (κ2) is 6.83. The molecule has 1 N–H and O–H groups in total. The van der Waals surface area contributed by atoms with Gasteiger partial charge in [0.25, 0.3) is 0 Å². The van der Waals surface area contributed by atoms with Crippen LogP contribution in [0.1, 0.15) is 17.5 Å². The van der Waals surface area contributed by atoms with Crippen LogP contribution in [0.5, 0.6) is 0 Å². The minimum Gasteiger partial charge on any atom is -0.351 e. The van der Waals surface area contributed by atoms with E-state index in [1.807, 2.05) is 31.2 Å². The number of nitrogens with one attached hydrogen (secondary N) is 1. The van der Waals surface area contributed by atoms with E-state index in [0.717, 1.165) is 11.3 Å². The molecule has 0 spiro atoms. The van der Waals surface area contributed by atoms with E-state index in [1.165, 1.54) is 6.07 Å². The summed E-state index contributed by atoms with van der Waals surface area (Å²) in [5.41, 5.74) is 2.25. The van der Waals surface area contributed by atoms with Crippen molar-refractivity contribution in [2.24, 2.45) is 5.92 Å². The van der Waals surface area contributed by atoms with Crippen LogP contribution in [0.4, 0.5) is 10.1 Å². The zero-order chi connectivity index (χ0) is 17.1. The summed E-state index contributed by atoms with van der Waals surface area (Å²) in [6.07, 6.45) is 0.469. The van der Waals surface area contributed by atoms with E-state index < -0.39 is 5.92 Å². The van der Waals surface area contributed by atoms with Crippen molar-refractivity contribution in [2.45, 2.75) is 19.9 Å². The van der Waals surface area contributed by atoms with Crippen LogP contribution in [0.3, 0.4) is 0 Å². The first-order valence-corrected chi connectivity index (χ1v) is 7.96. The molecule has 1 saturated heterocycles. The van der Waals surface area contributed by atoms with Crippen molar-refractivity contribution in [1.82, 2.24) is 5.32 Å². The molecular formula is C19H19FN2O2. The summed E-state index contributed by atoms with van der Waals surface area (Å²) in [6, 6.07) is 13.9. The fraction of sp³-hybridized carbons (Fsp3) is 0.263. The number of para-hydroxylation sites is 1. The van der Waals surface area contributed by atoms with Gasteiger partial charge in [0.05, 0.1) is 0 Å². The number of nitrogens with zero attached hydrogens (tertiary/aromatic N) is 1. The van der Waals surface area contributed by atoms with Crippen LogP contribution < -0.4 is 10.2 Å². The number of hydrogen-bond donors (Lipinski definition) is 1. The van der Waals surface area contributed by atoms with E-state index in [4.69, 9.17) is 0 Å². The van der Waals surface area contributed by atoms with E-state index in [-0.39, 0.29) is 24.2 Å². The van der Waals surface area contributed by atoms with Crippen molar-refractivity contribution in [3.8, 4) is 0 Å². The Hall–Kier alpha value is -2.69. The average molecular weight is 326 g/mol. The largest absolute Gasteiger partial charge is 0.351 e. The molecule has 1 aliphatic rings. The molecule has 3 rings (SSSR count). The van der Waals surface area contributed by atoms with Gasteiger partial charge >= 0.3 is 0 Å². The molecule has 1 fully saturated rings. The van der Waals surface area contributed by atoms with Gasteiger partial charge in [-0.1, -0.05) is 36.4 Å². The second-order valence-corrected chi connectivity index (χ2v) is 5.93. The molecule has 2 amide bonds. The van der Waals surface area contributed by atoms with Crippen LogP contribution in [-0.4, -0.2) is 18.4 Å². The first kappa shape index (κ1) is 16.2. The third-order valence-electron chi connectivity index (χ3n) is 4.34. The van der Waals surface area contributed by atoms with Gasteiger partial charge in [0.1, 0.15) is 11.7 Å². The third-order valence-corrected chi connectivity index (χ3v) is 4.34. The van der Waals surface area contributed by atoms with Gasteiger partial charge < -0.3 is 10.2 Å². The lowest BCUT2D eigenvalue weighted by Crippen LogP contribution is -2.36. The van der Waals surface area contributed by atoms with Gasteiger partial charge in [-0.05, 0) is 31.0 Å². The van der Waals surface area contributed by atoms with E-state index in [1.54, 1.807) is 23.1 Å². The summed E-state index contributed by atoms with van der Waals surface area (Å²) in [6.45, 7) is 2.54. The maximum atomic E-state index is 13.6. The fourth-order valence-electron chi connectivity index (χ4n) is 2.98. The van der Waals surface area contributed by atoms with Crippen LogP contribution in [0.2, 0.25) is 0 Å². The number of benzene rings is 2. The number of rotatable bonds is 4. The summed E-state index contributed by atoms with van der Waals surface area (Å²) in [7, 11) is 0. The molecule has 1 heterocycles. The molecule has 0 radical (unpaired) electrons. The Kier molecular flexibility index (Phi) is 4.60. The molecule has 0 unspecified atom stereocenters. The van der Waals surface area contributed by atoms with Gasteiger partial charge in [-0.3, -0.25) is 9.59 Å². The quantitative estimate of drug-likeness (QED) is 0.879. The lowest BCUT2D eigenvalue weighted by Gasteiger charge is -2.19. The summed E-state index contributed by atoms with van der Waals surface area (Å²) in [5, 5.41) is 2.67. The summed E-state index contributed by atoms with van der Waals surface area (Å²) >= 11 is 0. The van der Waals surface area contributed by atoms with E-state index in [2.05, 4.69) is 5.32 Å². The molecule has 5 heteroatoms. The van der Waals surface area contributed by atoms with E-state index >= 15 is 0 Å². The molecule has 4 nitrogen and oxygen atoms in total. The van der Waals surface area contributed by atoms with Gasteiger partial charge in [0.15, 0.2) is 0 Å². The highest BCUT2D eigenvalue weighted by Crippen LogP contribution is 2.27. The van der Waals surface area contributed by atoms with Crippen LogP contribution >= 0.6 is 0 Å². The lowest BCUT2D eigenvalue weighted by molar-refractivity contribution is -0.132. The van der Waals surface area contributed by atoms with Crippen molar-refractivity contribution < 1.29 is 14.0 Å². The Morgan fingerprint density at radius 1 is 1.21 bits per heavy atom. The number of amides is 2. The monoisotopic (exact) mass is 326 g/mol. The number of hydrogen-bond acceptors (Lipinski definition) is 2. The van der Waals surface area contributed by atoms with Gasteiger partial charge in [0.2, 0.25) is 11.8 Å². The van der Waals surface area contributed by atoms with Crippen LogP contribution in [0.15, 0.2) is 48.5 Å². The fourth-order valence-corrected chi connectivity index (χ4v) is 2.98. The molecule has 0 aromatic heterocycles. The maximum Gasteiger partial charge on any atom is 0.239 e. The number of halogens is 1. The normalized spacial score (nSPS) is 17.2. The Balaban J connectivity index is 1.66. The molecule has 2 aromatic rings. The van der Waals surface area contributed by atoms with Gasteiger partial charge in [0, 0.05) is 24.3 Å². The molecule has 1 atom stereocenters. The van der Waals surface area contributed by atoms with Crippen molar-refractivity contribution in [3.63, 3.8) is 0 Å². The molecule has 0 bridgehead atoms. The number of aryl methyl sites for hydroxylation is 1. The first-order valence-electron chi connectivity index (χ1n) is 7.96. The van der Waals surface area contributed by atoms with Crippen molar-refractivity contribution in [2.75, 3.05) is 11.4 Å². The van der Waals surface area contributed by atoms with Crippen molar-refractivity contribution >= 4 is 17.5 Å². The average Bonchev–Trinajstić information content (AvgIpc) is 2.96. The van der Waals surface area contributed by atoms with Crippen LogP contribution in [0.25, 0.3) is 0 Å². The van der Waals surface area contributed by atoms with Gasteiger partial charge in [-0.15, -0.1) is 0 Å².